The molecular weight excluding hydrogens is 215 g/mol. The van der Waals surface area contributed by atoms with Crippen LogP contribution in [-0.4, -0.2) is 5.54 Å². The summed E-state index contributed by atoms with van der Waals surface area (Å²) in [6.07, 6.45) is -2.69. The molecule has 0 aromatic heterocycles. The van der Waals surface area contributed by atoms with Gasteiger partial charge in [0.25, 0.3) is 0 Å². The largest absolute Gasteiger partial charge is 0.416 e. The van der Waals surface area contributed by atoms with E-state index in [1.165, 1.54) is 12.1 Å². The van der Waals surface area contributed by atoms with E-state index >= 15 is 0 Å². The quantitative estimate of drug-likeness (QED) is 0.827. The SMILES string of the molecule is CC[C@]1(N)C[C@@H]1c1cccc(C(F)(F)F)c1. The van der Waals surface area contributed by atoms with Gasteiger partial charge in [-0.05, 0) is 24.5 Å². The summed E-state index contributed by atoms with van der Waals surface area (Å²) in [7, 11) is 0. The normalized spacial score (nSPS) is 29.2. The van der Waals surface area contributed by atoms with Crippen molar-refractivity contribution >= 4 is 0 Å². The Morgan fingerprint density at radius 2 is 2.12 bits per heavy atom. The zero-order valence-electron chi connectivity index (χ0n) is 9.01. The predicted molar refractivity (Wildman–Crippen MR) is 56.0 cm³/mol. The van der Waals surface area contributed by atoms with Gasteiger partial charge in [-0.25, -0.2) is 0 Å². The lowest BCUT2D eigenvalue weighted by molar-refractivity contribution is -0.137. The van der Waals surface area contributed by atoms with E-state index in [0.29, 0.717) is 5.56 Å². The van der Waals surface area contributed by atoms with E-state index in [1.54, 1.807) is 6.07 Å². The Kier molecular flexibility index (Phi) is 2.49. The summed E-state index contributed by atoms with van der Waals surface area (Å²) < 4.78 is 37.5. The fourth-order valence-electron chi connectivity index (χ4n) is 2.09. The van der Waals surface area contributed by atoms with Crippen molar-refractivity contribution in [2.75, 3.05) is 0 Å². The highest BCUT2D eigenvalue weighted by molar-refractivity contribution is 5.36. The van der Waals surface area contributed by atoms with Crippen LogP contribution in [0, 0.1) is 0 Å². The summed E-state index contributed by atoms with van der Waals surface area (Å²) in [4.78, 5) is 0. The maximum Gasteiger partial charge on any atom is 0.416 e. The number of alkyl halides is 3. The standard InChI is InChI=1S/C12H14F3N/c1-2-11(16)7-10(11)8-4-3-5-9(6-8)12(13,14)15/h3-6,10H,2,7,16H2,1H3/t10-,11+/m1/s1. The van der Waals surface area contributed by atoms with Crippen LogP contribution in [0.4, 0.5) is 13.2 Å². The number of hydrogen-bond donors (Lipinski definition) is 1. The first kappa shape index (κ1) is 11.5. The van der Waals surface area contributed by atoms with Crippen LogP contribution in [0.5, 0.6) is 0 Å². The van der Waals surface area contributed by atoms with Gasteiger partial charge in [-0.1, -0.05) is 25.1 Å². The lowest BCUT2D eigenvalue weighted by Gasteiger charge is -2.11. The maximum absolute atomic E-state index is 12.5. The molecule has 2 N–H and O–H groups in total. The molecule has 1 aromatic carbocycles. The van der Waals surface area contributed by atoms with Gasteiger partial charge in [0.2, 0.25) is 0 Å². The zero-order valence-corrected chi connectivity index (χ0v) is 9.01. The molecule has 0 radical (unpaired) electrons. The molecule has 1 aliphatic rings. The highest BCUT2D eigenvalue weighted by atomic mass is 19.4. The first-order chi connectivity index (χ1) is 7.37. The van der Waals surface area contributed by atoms with Crippen LogP contribution < -0.4 is 5.73 Å². The van der Waals surface area contributed by atoms with Crippen LogP contribution in [0.1, 0.15) is 36.8 Å². The second-order valence-corrected chi connectivity index (χ2v) is 4.47. The van der Waals surface area contributed by atoms with Crippen molar-refractivity contribution in [3.05, 3.63) is 35.4 Å². The van der Waals surface area contributed by atoms with E-state index in [4.69, 9.17) is 5.73 Å². The molecule has 0 unspecified atom stereocenters. The molecule has 0 heterocycles. The molecule has 1 nitrogen and oxygen atoms in total. The van der Waals surface area contributed by atoms with Crippen LogP contribution in [-0.2, 0) is 6.18 Å². The summed E-state index contributed by atoms with van der Waals surface area (Å²) in [5, 5.41) is 0. The van der Waals surface area contributed by atoms with E-state index in [-0.39, 0.29) is 11.5 Å². The first-order valence-electron chi connectivity index (χ1n) is 5.33. The summed E-state index contributed by atoms with van der Waals surface area (Å²) in [5.74, 6) is 0.0831. The molecule has 2 atom stereocenters. The summed E-state index contributed by atoms with van der Waals surface area (Å²) in [6.45, 7) is 1.97. The van der Waals surface area contributed by atoms with Crippen LogP contribution in [0.3, 0.4) is 0 Å². The van der Waals surface area contributed by atoms with Gasteiger partial charge in [-0.3, -0.25) is 0 Å². The number of rotatable bonds is 2. The Morgan fingerprint density at radius 3 is 2.62 bits per heavy atom. The van der Waals surface area contributed by atoms with E-state index < -0.39 is 11.7 Å². The van der Waals surface area contributed by atoms with Gasteiger partial charge in [-0.15, -0.1) is 0 Å². The average molecular weight is 229 g/mol. The fourth-order valence-corrected chi connectivity index (χ4v) is 2.09. The van der Waals surface area contributed by atoms with Crippen LogP contribution in [0.2, 0.25) is 0 Å². The van der Waals surface area contributed by atoms with Gasteiger partial charge in [0, 0.05) is 11.5 Å². The highest BCUT2D eigenvalue weighted by Gasteiger charge is 2.50. The van der Waals surface area contributed by atoms with Crippen molar-refractivity contribution in [2.24, 2.45) is 5.73 Å². The minimum absolute atomic E-state index is 0.0831. The van der Waals surface area contributed by atoms with E-state index in [2.05, 4.69) is 0 Å². The van der Waals surface area contributed by atoms with Crippen LogP contribution >= 0.6 is 0 Å². The summed E-state index contributed by atoms with van der Waals surface area (Å²) >= 11 is 0. The third kappa shape index (κ3) is 1.94. The Morgan fingerprint density at radius 1 is 1.44 bits per heavy atom. The van der Waals surface area contributed by atoms with Gasteiger partial charge in [0.05, 0.1) is 5.56 Å². The van der Waals surface area contributed by atoms with Gasteiger partial charge in [0.15, 0.2) is 0 Å². The van der Waals surface area contributed by atoms with Crippen molar-refractivity contribution in [1.29, 1.82) is 0 Å². The first-order valence-corrected chi connectivity index (χ1v) is 5.33. The molecule has 1 aliphatic carbocycles. The Balaban J connectivity index is 2.25. The molecule has 1 aromatic rings. The molecule has 4 heteroatoms. The molecule has 0 aliphatic heterocycles. The number of halogens is 3. The minimum atomic E-state index is -4.27. The fraction of sp³-hybridized carbons (Fsp3) is 0.500. The molecule has 1 saturated carbocycles. The van der Waals surface area contributed by atoms with Crippen LogP contribution in [0.15, 0.2) is 24.3 Å². The smallest absolute Gasteiger partial charge is 0.325 e. The number of benzene rings is 1. The highest BCUT2D eigenvalue weighted by Crippen LogP contribution is 2.51. The average Bonchev–Trinajstić information content (AvgIpc) is 2.91. The van der Waals surface area contributed by atoms with E-state index in [0.717, 1.165) is 18.9 Å². The lowest BCUT2D eigenvalue weighted by atomic mass is 10.0. The third-order valence-electron chi connectivity index (χ3n) is 3.39. The van der Waals surface area contributed by atoms with Gasteiger partial charge >= 0.3 is 6.18 Å². The molecule has 1 fully saturated rings. The molecular formula is C12H14F3N. The van der Waals surface area contributed by atoms with E-state index in [1.807, 2.05) is 6.92 Å². The molecule has 0 spiro atoms. The zero-order chi connectivity index (χ0) is 12.0. The molecule has 0 amide bonds. The molecule has 2 rings (SSSR count). The van der Waals surface area contributed by atoms with Gasteiger partial charge in [-0.2, -0.15) is 13.2 Å². The molecule has 88 valence electrons. The Labute approximate surface area is 92.5 Å². The molecule has 0 bridgehead atoms. The van der Waals surface area contributed by atoms with Gasteiger partial charge < -0.3 is 5.73 Å². The van der Waals surface area contributed by atoms with Crippen molar-refractivity contribution < 1.29 is 13.2 Å². The Hall–Kier alpha value is -1.03. The van der Waals surface area contributed by atoms with Crippen molar-refractivity contribution in [3.8, 4) is 0 Å². The monoisotopic (exact) mass is 229 g/mol. The number of nitrogens with two attached hydrogens (primary N) is 1. The predicted octanol–water partition coefficient (Wildman–Crippen LogP) is 3.30. The molecule has 0 saturated heterocycles. The van der Waals surface area contributed by atoms with Crippen molar-refractivity contribution in [1.82, 2.24) is 0 Å². The van der Waals surface area contributed by atoms with Crippen molar-refractivity contribution in [2.45, 2.75) is 37.4 Å². The second-order valence-electron chi connectivity index (χ2n) is 4.47. The Bertz CT molecular complexity index is 399. The third-order valence-corrected chi connectivity index (χ3v) is 3.39. The van der Waals surface area contributed by atoms with Crippen LogP contribution in [0.25, 0.3) is 0 Å². The van der Waals surface area contributed by atoms with Crippen molar-refractivity contribution in [3.63, 3.8) is 0 Å². The number of hydrogen-bond acceptors (Lipinski definition) is 1. The maximum atomic E-state index is 12.5. The van der Waals surface area contributed by atoms with Gasteiger partial charge in [0.1, 0.15) is 0 Å². The molecule has 16 heavy (non-hydrogen) atoms. The summed E-state index contributed by atoms with van der Waals surface area (Å²) in [6, 6.07) is 5.49. The second kappa shape index (κ2) is 3.48. The minimum Gasteiger partial charge on any atom is -0.325 e. The van der Waals surface area contributed by atoms with E-state index in [9.17, 15) is 13.2 Å². The topological polar surface area (TPSA) is 26.0 Å². The summed E-state index contributed by atoms with van der Waals surface area (Å²) in [5.41, 5.74) is 5.83. The lowest BCUT2D eigenvalue weighted by Crippen LogP contribution is -2.22.